The predicted molar refractivity (Wildman–Crippen MR) is 109 cm³/mol. The van der Waals surface area contributed by atoms with Gasteiger partial charge in [-0.1, -0.05) is 0 Å². The van der Waals surface area contributed by atoms with E-state index in [1.165, 1.54) is 6.07 Å². The van der Waals surface area contributed by atoms with Crippen molar-refractivity contribution in [2.45, 2.75) is 32.9 Å². The van der Waals surface area contributed by atoms with Gasteiger partial charge in [-0.15, -0.1) is 24.0 Å². The molecule has 0 bridgehead atoms. The number of benzene rings is 1. The summed E-state index contributed by atoms with van der Waals surface area (Å²) in [5.41, 5.74) is 0.467. The number of fused-ring (bicyclic) bond motifs is 1. The minimum atomic E-state index is -2.95. The maximum Gasteiger partial charge on any atom is 0.387 e. The number of hydrogen-bond donors (Lipinski definition) is 2. The van der Waals surface area contributed by atoms with Crippen LogP contribution in [0.4, 0.5) is 8.78 Å². The molecule has 2 N–H and O–H groups in total. The van der Waals surface area contributed by atoms with E-state index < -0.39 is 6.61 Å². The number of hydrogen-bond acceptors (Lipinski definition) is 6. The van der Waals surface area contributed by atoms with Gasteiger partial charge in [0, 0.05) is 38.2 Å². The normalized spacial score (nSPS) is 12.4. The predicted octanol–water partition coefficient (Wildman–Crippen LogP) is 2.64. The Kier molecular flexibility index (Phi) is 10.6. The van der Waals surface area contributed by atoms with Crippen molar-refractivity contribution in [1.29, 1.82) is 0 Å². The van der Waals surface area contributed by atoms with Gasteiger partial charge in [0.15, 0.2) is 17.5 Å². The molecule has 1 heterocycles. The molecule has 0 amide bonds. The lowest BCUT2D eigenvalue weighted by molar-refractivity contribution is -0.143. The molecule has 2 rings (SSSR count). The van der Waals surface area contributed by atoms with Gasteiger partial charge in [0.2, 0.25) is 6.79 Å². The van der Waals surface area contributed by atoms with Crippen LogP contribution < -0.4 is 24.8 Å². The summed E-state index contributed by atoms with van der Waals surface area (Å²) in [4.78, 5) is 15.3. The lowest BCUT2D eigenvalue weighted by Gasteiger charge is -2.15. The number of rotatable bonds is 9. The first kappa shape index (κ1) is 24.0. The van der Waals surface area contributed by atoms with Crippen LogP contribution in [-0.2, 0) is 16.1 Å². The van der Waals surface area contributed by atoms with E-state index in [0.29, 0.717) is 49.0 Å². The van der Waals surface area contributed by atoms with Crippen molar-refractivity contribution in [3.05, 3.63) is 17.7 Å². The van der Waals surface area contributed by atoms with Crippen LogP contribution >= 0.6 is 24.0 Å². The molecule has 0 aliphatic carbocycles. The number of guanidine groups is 1. The van der Waals surface area contributed by atoms with Gasteiger partial charge in [0.1, 0.15) is 5.75 Å². The number of nitrogens with zero attached hydrogens (tertiary/aromatic N) is 1. The van der Waals surface area contributed by atoms with Crippen LogP contribution in [0.1, 0.15) is 25.3 Å². The highest BCUT2D eigenvalue weighted by Gasteiger charge is 2.20. The molecule has 0 aromatic heterocycles. The van der Waals surface area contributed by atoms with Gasteiger partial charge in [-0.3, -0.25) is 9.79 Å². The highest BCUT2D eigenvalue weighted by Crippen LogP contribution is 2.38. The molecule has 1 aromatic rings. The number of alkyl halides is 2. The molecule has 8 nitrogen and oxygen atoms in total. The Morgan fingerprint density at radius 1 is 1.29 bits per heavy atom. The minimum Gasteiger partial charge on any atom is -0.466 e. The maximum atomic E-state index is 12.7. The van der Waals surface area contributed by atoms with Gasteiger partial charge in [-0.05, 0) is 19.4 Å². The van der Waals surface area contributed by atoms with E-state index in [1.807, 2.05) is 0 Å². The SMILES string of the molecule is CCOC(=O)CCCNC(=NC)NCc1cc2c(cc1OC(F)F)OCO2.I. The van der Waals surface area contributed by atoms with Gasteiger partial charge in [-0.2, -0.15) is 8.78 Å². The van der Waals surface area contributed by atoms with E-state index in [4.69, 9.17) is 14.2 Å². The Morgan fingerprint density at radius 2 is 2.00 bits per heavy atom. The summed E-state index contributed by atoms with van der Waals surface area (Å²) in [6.07, 6.45) is 0.871. The molecule has 1 aliphatic rings. The summed E-state index contributed by atoms with van der Waals surface area (Å²) < 4.78 is 45.2. The Morgan fingerprint density at radius 3 is 2.64 bits per heavy atom. The molecule has 28 heavy (non-hydrogen) atoms. The molecule has 0 saturated heterocycles. The zero-order valence-corrected chi connectivity index (χ0v) is 18.0. The van der Waals surface area contributed by atoms with Gasteiger partial charge in [-0.25, -0.2) is 0 Å². The molecular formula is C17H24F2IN3O5. The van der Waals surface area contributed by atoms with E-state index in [9.17, 15) is 13.6 Å². The maximum absolute atomic E-state index is 12.7. The standard InChI is InChI=1S/C17H23F2N3O5.HI/c1-3-24-15(23)5-4-6-21-17(20-2)22-9-11-7-13-14(26-10-25-13)8-12(11)27-16(18)19;/h7-8,16H,3-6,9-10H2,1-2H3,(H2,20,21,22);1H. The first-order valence-corrected chi connectivity index (χ1v) is 8.51. The number of nitrogens with one attached hydrogen (secondary N) is 2. The highest BCUT2D eigenvalue weighted by atomic mass is 127. The number of aliphatic imine (C=N–C) groups is 1. The second-order valence-electron chi connectivity index (χ2n) is 5.45. The number of carbonyl (C=O) groups excluding carboxylic acids is 1. The fourth-order valence-electron chi connectivity index (χ4n) is 2.38. The topological polar surface area (TPSA) is 90.4 Å². The molecule has 0 radical (unpaired) electrons. The summed E-state index contributed by atoms with van der Waals surface area (Å²) >= 11 is 0. The quantitative estimate of drug-likeness (QED) is 0.172. The van der Waals surface area contributed by atoms with Crippen LogP contribution in [0.25, 0.3) is 0 Å². The summed E-state index contributed by atoms with van der Waals surface area (Å²) in [6, 6.07) is 2.96. The number of esters is 1. The van der Waals surface area contributed by atoms with Crippen molar-refractivity contribution < 1.29 is 32.5 Å². The van der Waals surface area contributed by atoms with Crippen molar-refractivity contribution >= 4 is 35.9 Å². The second-order valence-corrected chi connectivity index (χ2v) is 5.45. The van der Waals surface area contributed by atoms with Crippen molar-refractivity contribution in [2.24, 2.45) is 4.99 Å². The monoisotopic (exact) mass is 515 g/mol. The Bertz CT molecular complexity index is 676. The van der Waals surface area contributed by atoms with E-state index in [0.717, 1.165) is 0 Å². The average molecular weight is 515 g/mol. The van der Waals surface area contributed by atoms with E-state index in [2.05, 4.69) is 20.4 Å². The molecule has 1 aliphatic heterocycles. The fraction of sp³-hybridized carbons (Fsp3) is 0.529. The molecular weight excluding hydrogens is 491 g/mol. The molecule has 1 aromatic carbocycles. The van der Waals surface area contributed by atoms with Crippen LogP contribution in [0.2, 0.25) is 0 Å². The third-order valence-electron chi connectivity index (χ3n) is 3.60. The van der Waals surface area contributed by atoms with E-state index in [-0.39, 0.29) is 49.0 Å². The van der Waals surface area contributed by atoms with Gasteiger partial charge >= 0.3 is 12.6 Å². The van der Waals surface area contributed by atoms with Crippen LogP contribution in [0.5, 0.6) is 17.2 Å². The third-order valence-corrected chi connectivity index (χ3v) is 3.60. The third kappa shape index (κ3) is 7.52. The summed E-state index contributed by atoms with van der Waals surface area (Å²) in [5.74, 6) is 1.03. The van der Waals surface area contributed by atoms with Gasteiger partial charge in [0.05, 0.1) is 6.61 Å². The van der Waals surface area contributed by atoms with E-state index >= 15 is 0 Å². The molecule has 0 unspecified atom stereocenters. The number of ether oxygens (including phenoxy) is 4. The Hall–Kier alpha value is -2.05. The van der Waals surface area contributed by atoms with Crippen LogP contribution in [0.15, 0.2) is 17.1 Å². The van der Waals surface area contributed by atoms with Crippen LogP contribution in [0, 0.1) is 0 Å². The molecule has 0 spiro atoms. The first-order valence-electron chi connectivity index (χ1n) is 8.51. The smallest absolute Gasteiger partial charge is 0.387 e. The van der Waals surface area contributed by atoms with Crippen molar-refractivity contribution in [3.63, 3.8) is 0 Å². The van der Waals surface area contributed by atoms with Crippen LogP contribution in [-0.4, -0.2) is 45.5 Å². The number of carbonyl (C=O) groups is 1. The molecule has 11 heteroatoms. The lowest BCUT2D eigenvalue weighted by Crippen LogP contribution is -2.37. The Labute approximate surface area is 179 Å². The summed E-state index contributed by atoms with van der Waals surface area (Å²) in [5, 5.41) is 6.04. The zero-order chi connectivity index (χ0) is 19.6. The lowest BCUT2D eigenvalue weighted by atomic mass is 10.1. The first-order chi connectivity index (χ1) is 13.0. The van der Waals surface area contributed by atoms with Crippen molar-refractivity contribution in [1.82, 2.24) is 10.6 Å². The number of halogens is 3. The average Bonchev–Trinajstić information content (AvgIpc) is 3.08. The highest BCUT2D eigenvalue weighted by molar-refractivity contribution is 14.0. The van der Waals surface area contributed by atoms with Crippen molar-refractivity contribution in [2.75, 3.05) is 27.0 Å². The second kappa shape index (κ2) is 12.4. The fourth-order valence-corrected chi connectivity index (χ4v) is 2.38. The van der Waals surface area contributed by atoms with Gasteiger partial charge < -0.3 is 29.6 Å². The zero-order valence-electron chi connectivity index (χ0n) is 15.6. The van der Waals surface area contributed by atoms with E-state index in [1.54, 1.807) is 20.0 Å². The summed E-state index contributed by atoms with van der Waals surface area (Å²) in [7, 11) is 1.58. The van der Waals surface area contributed by atoms with Crippen molar-refractivity contribution in [3.8, 4) is 17.2 Å². The van der Waals surface area contributed by atoms with Gasteiger partial charge in [0.25, 0.3) is 0 Å². The molecule has 158 valence electrons. The largest absolute Gasteiger partial charge is 0.466 e. The molecule has 0 fully saturated rings. The van der Waals surface area contributed by atoms with Crippen LogP contribution in [0.3, 0.4) is 0 Å². The minimum absolute atomic E-state index is 0. The Balaban J connectivity index is 0.00000392. The summed E-state index contributed by atoms with van der Waals surface area (Å²) in [6.45, 7) is -0.136. The molecule has 0 saturated carbocycles. The molecule has 0 atom stereocenters.